The lowest BCUT2D eigenvalue weighted by Gasteiger charge is -2.04. The second-order valence-corrected chi connectivity index (χ2v) is 5.03. The summed E-state index contributed by atoms with van der Waals surface area (Å²) in [5.74, 6) is -0.227. The zero-order valence-electron chi connectivity index (χ0n) is 7.62. The Morgan fingerprint density at radius 1 is 1.40 bits per heavy atom. The summed E-state index contributed by atoms with van der Waals surface area (Å²) >= 11 is 5.53. The third-order valence-corrected chi connectivity index (χ3v) is 3.30. The van der Waals surface area contributed by atoms with E-state index in [0.717, 1.165) is 13.7 Å². The van der Waals surface area contributed by atoms with Crippen LogP contribution >= 0.6 is 38.5 Å². The van der Waals surface area contributed by atoms with Gasteiger partial charge in [-0.25, -0.2) is 4.39 Å². The highest BCUT2D eigenvalue weighted by atomic mass is 127. The molecule has 0 N–H and O–H groups in total. The van der Waals surface area contributed by atoms with Gasteiger partial charge in [0.2, 0.25) is 0 Å². The van der Waals surface area contributed by atoms with Crippen LogP contribution in [0.15, 0.2) is 34.9 Å². The van der Waals surface area contributed by atoms with Gasteiger partial charge in [-0.1, -0.05) is 15.9 Å². The Morgan fingerprint density at radius 3 is 2.87 bits per heavy atom. The number of halogens is 3. The van der Waals surface area contributed by atoms with Crippen molar-refractivity contribution in [3.05, 3.63) is 50.0 Å². The lowest BCUT2D eigenvalue weighted by molar-refractivity contribution is 0.618. The highest BCUT2D eigenvalue weighted by Gasteiger charge is 2.03. The first-order valence-corrected chi connectivity index (χ1v) is 6.15. The zero-order valence-corrected chi connectivity index (χ0v) is 11.4. The van der Waals surface area contributed by atoms with Crippen LogP contribution in [0, 0.1) is 9.52 Å². The number of aromatic nitrogens is 2. The van der Waals surface area contributed by atoms with E-state index in [1.165, 1.54) is 12.1 Å². The molecule has 0 amide bonds. The molecule has 2 aromatic rings. The van der Waals surface area contributed by atoms with Crippen molar-refractivity contribution >= 4 is 38.5 Å². The van der Waals surface area contributed by atoms with Gasteiger partial charge in [-0.3, -0.25) is 4.68 Å². The van der Waals surface area contributed by atoms with Crippen molar-refractivity contribution in [2.75, 3.05) is 0 Å². The quantitative estimate of drug-likeness (QED) is 0.730. The summed E-state index contributed by atoms with van der Waals surface area (Å²) in [7, 11) is 0. The minimum Gasteiger partial charge on any atom is -0.267 e. The summed E-state index contributed by atoms with van der Waals surface area (Å²) < 4.78 is 16.6. The second kappa shape index (κ2) is 4.61. The van der Waals surface area contributed by atoms with Crippen LogP contribution in [0.25, 0.3) is 0 Å². The van der Waals surface area contributed by atoms with Gasteiger partial charge in [-0.2, -0.15) is 5.10 Å². The van der Waals surface area contributed by atoms with Crippen LogP contribution in [0.1, 0.15) is 5.56 Å². The highest BCUT2D eigenvalue weighted by molar-refractivity contribution is 14.1. The molecule has 0 unspecified atom stereocenters. The summed E-state index contributed by atoms with van der Waals surface area (Å²) in [6.45, 7) is 0.571. The standard InChI is InChI=1S/C10H7BrFIN2/c11-9-2-1-8(12)5-7(9)6-15-4-3-10(13)14-15/h1-5H,6H2. The van der Waals surface area contributed by atoms with Gasteiger partial charge in [-0.05, 0) is 52.4 Å². The van der Waals surface area contributed by atoms with E-state index < -0.39 is 0 Å². The van der Waals surface area contributed by atoms with Crippen molar-refractivity contribution < 1.29 is 4.39 Å². The molecule has 2 rings (SSSR count). The largest absolute Gasteiger partial charge is 0.267 e. The average Bonchev–Trinajstić information content (AvgIpc) is 2.58. The third kappa shape index (κ3) is 2.78. The number of benzene rings is 1. The van der Waals surface area contributed by atoms with Crippen molar-refractivity contribution in [1.82, 2.24) is 9.78 Å². The molecule has 1 aromatic carbocycles. The molecular formula is C10H7BrFIN2. The van der Waals surface area contributed by atoms with Gasteiger partial charge >= 0.3 is 0 Å². The molecule has 0 saturated carbocycles. The molecule has 2 nitrogen and oxygen atoms in total. The van der Waals surface area contributed by atoms with Crippen LogP contribution in [0.4, 0.5) is 4.39 Å². The van der Waals surface area contributed by atoms with E-state index in [-0.39, 0.29) is 5.82 Å². The lowest BCUT2D eigenvalue weighted by Crippen LogP contribution is -2.01. The maximum Gasteiger partial charge on any atom is 0.123 e. The number of hydrogen-bond donors (Lipinski definition) is 0. The van der Waals surface area contributed by atoms with Crippen LogP contribution in [-0.2, 0) is 6.54 Å². The highest BCUT2D eigenvalue weighted by Crippen LogP contribution is 2.18. The third-order valence-electron chi connectivity index (χ3n) is 1.95. The Bertz CT molecular complexity index is 484. The van der Waals surface area contributed by atoms with E-state index >= 15 is 0 Å². The Hall–Kier alpha value is -0.430. The fourth-order valence-electron chi connectivity index (χ4n) is 1.26. The van der Waals surface area contributed by atoms with Crippen molar-refractivity contribution in [2.45, 2.75) is 6.54 Å². The molecule has 0 aliphatic carbocycles. The maximum atomic E-state index is 13.0. The molecule has 0 saturated heterocycles. The molecule has 0 radical (unpaired) electrons. The normalized spacial score (nSPS) is 10.6. The van der Waals surface area contributed by atoms with Crippen LogP contribution in [-0.4, -0.2) is 9.78 Å². The van der Waals surface area contributed by atoms with Gasteiger partial charge in [0, 0.05) is 10.7 Å². The topological polar surface area (TPSA) is 17.8 Å². The van der Waals surface area contributed by atoms with Crippen molar-refractivity contribution in [2.24, 2.45) is 0 Å². The van der Waals surface area contributed by atoms with E-state index in [4.69, 9.17) is 0 Å². The van der Waals surface area contributed by atoms with Gasteiger partial charge in [-0.15, -0.1) is 0 Å². The summed E-state index contributed by atoms with van der Waals surface area (Å²) in [5, 5.41) is 4.24. The second-order valence-electron chi connectivity index (χ2n) is 3.07. The Morgan fingerprint density at radius 2 is 2.20 bits per heavy atom. The number of nitrogens with zero attached hydrogens (tertiary/aromatic N) is 2. The maximum absolute atomic E-state index is 13.0. The SMILES string of the molecule is Fc1ccc(Br)c(Cn2ccc(I)n2)c1. The van der Waals surface area contributed by atoms with Gasteiger partial charge in [0.25, 0.3) is 0 Å². The van der Waals surface area contributed by atoms with E-state index in [1.807, 2.05) is 12.3 Å². The first kappa shape index (κ1) is 11.1. The molecular weight excluding hydrogens is 374 g/mol. The molecule has 0 spiro atoms. The molecule has 0 bridgehead atoms. The smallest absolute Gasteiger partial charge is 0.123 e. The minimum atomic E-state index is -0.227. The van der Waals surface area contributed by atoms with Gasteiger partial charge < -0.3 is 0 Å². The van der Waals surface area contributed by atoms with E-state index in [0.29, 0.717) is 6.54 Å². The van der Waals surface area contributed by atoms with Crippen LogP contribution < -0.4 is 0 Å². The fourth-order valence-corrected chi connectivity index (χ4v) is 2.07. The first-order valence-electron chi connectivity index (χ1n) is 4.28. The van der Waals surface area contributed by atoms with E-state index in [9.17, 15) is 4.39 Å². The van der Waals surface area contributed by atoms with Crippen molar-refractivity contribution in [1.29, 1.82) is 0 Å². The predicted octanol–water partition coefficient (Wildman–Crippen LogP) is 3.44. The number of rotatable bonds is 2. The van der Waals surface area contributed by atoms with Crippen molar-refractivity contribution in [3.8, 4) is 0 Å². The molecule has 1 aromatic heterocycles. The van der Waals surface area contributed by atoms with Gasteiger partial charge in [0.1, 0.15) is 9.52 Å². The molecule has 1 heterocycles. The lowest BCUT2D eigenvalue weighted by atomic mass is 10.2. The molecule has 0 atom stereocenters. The van der Waals surface area contributed by atoms with Gasteiger partial charge in [0.15, 0.2) is 0 Å². The first-order chi connectivity index (χ1) is 7.15. The van der Waals surface area contributed by atoms with Crippen LogP contribution in [0.5, 0.6) is 0 Å². The van der Waals surface area contributed by atoms with Crippen molar-refractivity contribution in [3.63, 3.8) is 0 Å². The molecule has 0 aliphatic rings. The molecule has 78 valence electrons. The minimum absolute atomic E-state index is 0.227. The monoisotopic (exact) mass is 380 g/mol. The molecule has 5 heteroatoms. The van der Waals surface area contributed by atoms with Gasteiger partial charge in [0.05, 0.1) is 6.54 Å². The number of hydrogen-bond acceptors (Lipinski definition) is 1. The summed E-state index contributed by atoms with van der Waals surface area (Å²) in [4.78, 5) is 0. The predicted molar refractivity (Wildman–Crippen MR) is 68.1 cm³/mol. The Balaban J connectivity index is 2.27. The van der Waals surface area contributed by atoms with Crippen LogP contribution in [0.3, 0.4) is 0 Å². The Kier molecular flexibility index (Phi) is 3.40. The molecule has 15 heavy (non-hydrogen) atoms. The fraction of sp³-hybridized carbons (Fsp3) is 0.100. The summed E-state index contributed by atoms with van der Waals surface area (Å²) in [6.07, 6.45) is 1.87. The van der Waals surface area contributed by atoms with E-state index in [2.05, 4.69) is 43.6 Å². The summed E-state index contributed by atoms with van der Waals surface area (Å²) in [6, 6.07) is 6.56. The average molecular weight is 381 g/mol. The zero-order chi connectivity index (χ0) is 10.8. The van der Waals surface area contributed by atoms with Crippen LogP contribution in [0.2, 0.25) is 0 Å². The van der Waals surface area contributed by atoms with E-state index in [1.54, 1.807) is 10.7 Å². The molecule has 0 fully saturated rings. The summed E-state index contributed by atoms with van der Waals surface area (Å²) in [5.41, 5.74) is 0.884. The molecule has 0 aliphatic heterocycles. The Labute approximate surface area is 109 Å².